The average molecular weight is 210 g/mol. The summed E-state index contributed by atoms with van der Waals surface area (Å²) in [6.45, 7) is 1.85. The molecule has 3 N–H and O–H groups in total. The number of rotatable bonds is 4. The molecule has 2 aliphatic rings. The van der Waals surface area contributed by atoms with E-state index in [9.17, 15) is 0 Å². The van der Waals surface area contributed by atoms with Gasteiger partial charge in [-0.1, -0.05) is 11.6 Å². The third-order valence-electron chi connectivity index (χ3n) is 3.57. The predicted octanol–water partition coefficient (Wildman–Crippen LogP) is 1.75. The van der Waals surface area contributed by atoms with Crippen LogP contribution in [0.3, 0.4) is 0 Å². The molecule has 0 radical (unpaired) electrons. The monoisotopic (exact) mass is 210 g/mol. The Morgan fingerprint density at radius 1 is 1.53 bits per heavy atom. The predicted molar refractivity (Wildman–Crippen MR) is 61.2 cm³/mol. The quantitative estimate of drug-likeness (QED) is 0.422. The molecule has 2 unspecified atom stereocenters. The van der Waals surface area contributed by atoms with Gasteiger partial charge in [0.05, 0.1) is 0 Å². The zero-order chi connectivity index (χ0) is 10.5. The molecule has 0 aromatic carbocycles. The molecule has 1 heterocycles. The maximum atomic E-state index is 5.65. The van der Waals surface area contributed by atoms with Gasteiger partial charge in [0.25, 0.3) is 0 Å². The molecular weight excluding hydrogens is 188 g/mol. The Hall–Kier alpha value is -0.380. The molecule has 3 heteroatoms. The maximum absolute atomic E-state index is 5.65. The van der Waals surface area contributed by atoms with E-state index in [2.05, 4.69) is 11.5 Å². The van der Waals surface area contributed by atoms with E-state index in [1.54, 1.807) is 0 Å². The molecule has 3 nitrogen and oxygen atoms in total. The van der Waals surface area contributed by atoms with Crippen molar-refractivity contribution in [1.29, 1.82) is 0 Å². The first kappa shape index (κ1) is 11.1. The summed E-state index contributed by atoms with van der Waals surface area (Å²) in [7, 11) is 0. The number of allylic oxidation sites excluding steroid dienone is 1. The van der Waals surface area contributed by atoms with Crippen LogP contribution in [0.15, 0.2) is 11.6 Å². The van der Waals surface area contributed by atoms with Crippen molar-refractivity contribution in [2.45, 2.75) is 44.6 Å². The van der Waals surface area contributed by atoms with Gasteiger partial charge in [0.1, 0.15) is 0 Å². The van der Waals surface area contributed by atoms with E-state index in [-0.39, 0.29) is 0 Å². The summed E-state index contributed by atoms with van der Waals surface area (Å²) in [6, 6.07) is 0.386. The summed E-state index contributed by atoms with van der Waals surface area (Å²) in [5, 5.41) is 0. The van der Waals surface area contributed by atoms with Crippen molar-refractivity contribution in [2.24, 2.45) is 11.8 Å². The number of nitrogens with two attached hydrogens (primary N) is 1. The van der Waals surface area contributed by atoms with Gasteiger partial charge in [0.2, 0.25) is 0 Å². The minimum atomic E-state index is 0.386. The zero-order valence-electron chi connectivity index (χ0n) is 9.37. The second-order valence-electron chi connectivity index (χ2n) is 4.71. The lowest BCUT2D eigenvalue weighted by atomic mass is 9.88. The first-order valence-electron chi connectivity index (χ1n) is 6.13. The number of nitrogens with one attached hydrogen (secondary N) is 1. The molecule has 1 saturated heterocycles. The number of hydrazine groups is 1. The molecule has 0 aromatic rings. The van der Waals surface area contributed by atoms with Gasteiger partial charge in [-0.25, -0.2) is 0 Å². The molecule has 1 aliphatic heterocycles. The summed E-state index contributed by atoms with van der Waals surface area (Å²) in [4.78, 5) is 0. The Morgan fingerprint density at radius 3 is 3.07 bits per heavy atom. The van der Waals surface area contributed by atoms with Crippen molar-refractivity contribution in [3.05, 3.63) is 11.6 Å². The van der Waals surface area contributed by atoms with Gasteiger partial charge in [-0.2, -0.15) is 0 Å². The van der Waals surface area contributed by atoms with Crippen LogP contribution in [0, 0.1) is 5.92 Å². The molecular formula is C12H22N2O. The third kappa shape index (κ3) is 3.03. The average Bonchev–Trinajstić information content (AvgIpc) is 2.80. The number of hydrogen-bond donors (Lipinski definition) is 2. The van der Waals surface area contributed by atoms with Crippen molar-refractivity contribution in [1.82, 2.24) is 5.43 Å². The van der Waals surface area contributed by atoms with Gasteiger partial charge in [0, 0.05) is 19.3 Å². The molecule has 15 heavy (non-hydrogen) atoms. The lowest BCUT2D eigenvalue weighted by Gasteiger charge is -2.24. The number of ether oxygens (including phenoxy) is 1. The molecule has 0 aromatic heterocycles. The van der Waals surface area contributed by atoms with Crippen molar-refractivity contribution in [3.8, 4) is 0 Å². The van der Waals surface area contributed by atoms with E-state index in [0.29, 0.717) is 12.0 Å². The van der Waals surface area contributed by atoms with Crippen molar-refractivity contribution >= 4 is 0 Å². The molecule has 1 aliphatic carbocycles. The molecule has 86 valence electrons. The van der Waals surface area contributed by atoms with E-state index in [1.165, 1.54) is 37.7 Å². The minimum Gasteiger partial charge on any atom is -0.381 e. The van der Waals surface area contributed by atoms with Crippen molar-refractivity contribution in [3.63, 3.8) is 0 Å². The van der Waals surface area contributed by atoms with Gasteiger partial charge in [-0.05, 0) is 44.4 Å². The van der Waals surface area contributed by atoms with E-state index in [0.717, 1.165) is 19.6 Å². The minimum absolute atomic E-state index is 0.386. The van der Waals surface area contributed by atoms with Crippen LogP contribution < -0.4 is 11.3 Å². The third-order valence-corrected chi connectivity index (χ3v) is 3.57. The van der Waals surface area contributed by atoms with E-state index < -0.39 is 0 Å². The van der Waals surface area contributed by atoms with E-state index >= 15 is 0 Å². The smallest absolute Gasteiger partial charge is 0.0495 e. The Bertz CT molecular complexity index is 222. The molecule has 0 bridgehead atoms. The summed E-state index contributed by atoms with van der Waals surface area (Å²) in [5.41, 5.74) is 4.50. The van der Waals surface area contributed by atoms with Gasteiger partial charge < -0.3 is 4.74 Å². The Balaban J connectivity index is 1.87. The Labute approximate surface area is 92.0 Å². The van der Waals surface area contributed by atoms with Crippen LogP contribution in [-0.4, -0.2) is 19.3 Å². The molecule has 1 fully saturated rings. The normalized spacial score (nSPS) is 28.9. The van der Waals surface area contributed by atoms with E-state index in [1.807, 2.05) is 0 Å². The van der Waals surface area contributed by atoms with Crippen LogP contribution >= 0.6 is 0 Å². The summed E-state index contributed by atoms with van der Waals surface area (Å²) >= 11 is 0. The van der Waals surface area contributed by atoms with E-state index in [4.69, 9.17) is 10.6 Å². The van der Waals surface area contributed by atoms with Crippen LogP contribution in [0.5, 0.6) is 0 Å². The fourth-order valence-corrected chi connectivity index (χ4v) is 2.61. The summed E-state index contributed by atoms with van der Waals surface area (Å²) < 4.78 is 5.40. The highest BCUT2D eigenvalue weighted by atomic mass is 16.5. The Kier molecular flexibility index (Phi) is 4.18. The second-order valence-corrected chi connectivity index (χ2v) is 4.71. The van der Waals surface area contributed by atoms with Crippen LogP contribution in [-0.2, 0) is 4.74 Å². The van der Waals surface area contributed by atoms with Crippen molar-refractivity contribution < 1.29 is 4.74 Å². The first-order chi connectivity index (χ1) is 7.40. The van der Waals surface area contributed by atoms with Gasteiger partial charge >= 0.3 is 0 Å². The second kappa shape index (κ2) is 5.64. The van der Waals surface area contributed by atoms with Crippen LogP contribution in [0.4, 0.5) is 0 Å². The molecule has 0 amide bonds. The highest BCUT2D eigenvalue weighted by Crippen LogP contribution is 2.26. The maximum Gasteiger partial charge on any atom is 0.0495 e. The topological polar surface area (TPSA) is 47.3 Å². The zero-order valence-corrected chi connectivity index (χ0v) is 9.37. The lowest BCUT2D eigenvalue weighted by molar-refractivity contribution is 0.182. The highest BCUT2D eigenvalue weighted by molar-refractivity contribution is 5.13. The fraction of sp³-hybridized carbons (Fsp3) is 0.833. The van der Waals surface area contributed by atoms with Crippen LogP contribution in [0.2, 0.25) is 0 Å². The van der Waals surface area contributed by atoms with Gasteiger partial charge in [0.15, 0.2) is 0 Å². The SMILES string of the molecule is NNC(CC1CCOC1)C1=CCCCC1. The standard InChI is InChI=1S/C12H22N2O/c13-14-12(8-10-6-7-15-9-10)11-4-2-1-3-5-11/h4,10,12,14H,1-3,5-9,13H2. The van der Waals surface area contributed by atoms with Gasteiger partial charge in [-0.3, -0.25) is 11.3 Å². The first-order valence-corrected chi connectivity index (χ1v) is 6.13. The van der Waals surface area contributed by atoms with Crippen molar-refractivity contribution in [2.75, 3.05) is 13.2 Å². The Morgan fingerprint density at radius 2 is 2.47 bits per heavy atom. The molecule has 0 spiro atoms. The van der Waals surface area contributed by atoms with Crippen LogP contribution in [0.25, 0.3) is 0 Å². The fourth-order valence-electron chi connectivity index (χ4n) is 2.61. The summed E-state index contributed by atoms with van der Waals surface area (Å²) in [5.74, 6) is 6.35. The molecule has 2 rings (SSSR count). The summed E-state index contributed by atoms with van der Waals surface area (Å²) in [6.07, 6.45) is 9.84. The highest BCUT2D eigenvalue weighted by Gasteiger charge is 2.22. The van der Waals surface area contributed by atoms with Gasteiger partial charge in [-0.15, -0.1) is 0 Å². The molecule has 0 saturated carbocycles. The largest absolute Gasteiger partial charge is 0.381 e. The number of hydrogen-bond acceptors (Lipinski definition) is 3. The van der Waals surface area contributed by atoms with Crippen LogP contribution in [0.1, 0.15) is 38.5 Å². The molecule has 2 atom stereocenters. The lowest BCUT2D eigenvalue weighted by Crippen LogP contribution is -2.38.